The Hall–Kier alpha value is -5.12. The lowest BCUT2D eigenvalue weighted by atomic mass is 9.86. The first-order valence-corrected chi connectivity index (χ1v) is 12.4. The zero-order valence-electron chi connectivity index (χ0n) is 21.6. The molecule has 1 aliphatic heterocycles. The molecule has 0 fully saturated rings. The number of benzene rings is 3. The maximum atomic E-state index is 15.1. The normalized spacial score (nSPS) is 14.8. The Morgan fingerprint density at radius 2 is 1.75 bits per heavy atom. The van der Waals surface area contributed by atoms with Crippen molar-refractivity contribution in [2.24, 2.45) is 0 Å². The van der Waals surface area contributed by atoms with Crippen molar-refractivity contribution in [3.63, 3.8) is 0 Å². The van der Waals surface area contributed by atoms with Crippen LogP contribution in [0.2, 0.25) is 0 Å². The van der Waals surface area contributed by atoms with E-state index in [-0.39, 0.29) is 29.2 Å². The number of aryl methyl sites for hydroxylation is 2. The van der Waals surface area contributed by atoms with E-state index < -0.39 is 29.4 Å². The van der Waals surface area contributed by atoms with E-state index in [2.05, 4.69) is 15.7 Å². The molecule has 40 heavy (non-hydrogen) atoms. The molecule has 0 radical (unpaired) electrons. The summed E-state index contributed by atoms with van der Waals surface area (Å²) in [5.41, 5.74) is 2.72. The van der Waals surface area contributed by atoms with Gasteiger partial charge in [-0.2, -0.15) is 0 Å². The second kappa shape index (κ2) is 10.9. The van der Waals surface area contributed by atoms with E-state index in [0.29, 0.717) is 28.1 Å². The quantitative estimate of drug-likeness (QED) is 0.363. The third kappa shape index (κ3) is 5.51. The number of anilines is 1. The van der Waals surface area contributed by atoms with Crippen LogP contribution in [-0.4, -0.2) is 27.7 Å². The van der Waals surface area contributed by atoms with E-state index in [0.717, 1.165) is 4.85 Å². The van der Waals surface area contributed by atoms with E-state index in [1.54, 1.807) is 50.2 Å². The summed E-state index contributed by atoms with van der Waals surface area (Å²) >= 11 is 0. The number of hydrogen-bond acceptors (Lipinski definition) is 5. The number of nitrogens with one attached hydrogen (secondary N) is 2. The largest absolute Gasteiger partial charge is 0.365 e. The van der Waals surface area contributed by atoms with Gasteiger partial charge in [0.2, 0.25) is 5.91 Å². The molecule has 8 nitrogen and oxygen atoms in total. The van der Waals surface area contributed by atoms with Crippen LogP contribution in [0.15, 0.2) is 84.6 Å². The molecule has 1 atom stereocenters. The number of halogens is 2. The molecule has 202 valence electrons. The summed E-state index contributed by atoms with van der Waals surface area (Å²) in [4.78, 5) is 44.2. The highest BCUT2D eigenvalue weighted by atomic mass is 19.1. The summed E-state index contributed by atoms with van der Waals surface area (Å²) in [6.45, 7) is 3.30. The first-order valence-electron chi connectivity index (χ1n) is 12.4. The van der Waals surface area contributed by atoms with Gasteiger partial charge in [0.05, 0.1) is 17.0 Å². The van der Waals surface area contributed by atoms with Crippen molar-refractivity contribution in [2.45, 2.75) is 26.2 Å². The summed E-state index contributed by atoms with van der Waals surface area (Å²) in [6, 6.07) is 18.3. The van der Waals surface area contributed by atoms with Gasteiger partial charge in [-0.1, -0.05) is 35.2 Å². The number of nitrogens with zero attached hydrogens (tertiary/aromatic N) is 2. The molecule has 0 spiro atoms. The van der Waals surface area contributed by atoms with Crippen molar-refractivity contribution in [3.8, 4) is 11.3 Å². The molecule has 2 amide bonds. The molecule has 1 aliphatic rings. The second-order valence-corrected chi connectivity index (χ2v) is 9.37. The lowest BCUT2D eigenvalue weighted by molar-refractivity contribution is -0.121. The summed E-state index contributed by atoms with van der Waals surface area (Å²) in [6.07, 6.45) is 1.35. The van der Waals surface area contributed by atoms with E-state index >= 15 is 4.39 Å². The van der Waals surface area contributed by atoms with E-state index in [4.69, 9.17) is 4.84 Å². The Morgan fingerprint density at radius 1 is 1.02 bits per heavy atom. The van der Waals surface area contributed by atoms with Gasteiger partial charge in [0, 0.05) is 35.4 Å². The molecule has 0 saturated carbocycles. The molecule has 4 aromatic rings. The molecule has 0 bridgehead atoms. The Labute approximate surface area is 228 Å². The fraction of sp³-hybridized carbons (Fsp3) is 0.133. The van der Waals surface area contributed by atoms with Crippen LogP contribution >= 0.6 is 0 Å². The first-order chi connectivity index (χ1) is 19.2. The topological polar surface area (TPSA) is 102 Å². The summed E-state index contributed by atoms with van der Waals surface area (Å²) in [7, 11) is 0. The number of carbonyl (C=O) groups excluding carboxylic acids is 3. The van der Waals surface area contributed by atoms with Gasteiger partial charge in [0.1, 0.15) is 11.6 Å². The summed E-state index contributed by atoms with van der Waals surface area (Å²) in [5.74, 6) is -3.01. The van der Waals surface area contributed by atoms with E-state index in [1.165, 1.54) is 42.6 Å². The smallest absolute Gasteiger partial charge is 0.332 e. The Kier molecular flexibility index (Phi) is 7.24. The van der Waals surface area contributed by atoms with Crippen LogP contribution in [-0.2, 0) is 9.59 Å². The van der Waals surface area contributed by atoms with Crippen molar-refractivity contribution in [3.05, 3.63) is 119 Å². The molecule has 0 aliphatic carbocycles. The molecule has 3 aromatic carbocycles. The van der Waals surface area contributed by atoms with Crippen LogP contribution in [0.25, 0.3) is 11.3 Å². The van der Waals surface area contributed by atoms with Gasteiger partial charge < -0.3 is 15.5 Å². The van der Waals surface area contributed by atoms with Crippen LogP contribution in [0, 0.1) is 25.5 Å². The molecule has 10 heteroatoms. The summed E-state index contributed by atoms with van der Waals surface area (Å²) in [5, 5.41) is 9.60. The van der Waals surface area contributed by atoms with Gasteiger partial charge in [-0.3, -0.25) is 9.59 Å². The number of hydrogen-bond donors (Lipinski definition) is 2. The van der Waals surface area contributed by atoms with Crippen molar-refractivity contribution in [1.82, 2.24) is 15.3 Å². The highest BCUT2D eigenvalue weighted by Crippen LogP contribution is 2.33. The van der Waals surface area contributed by atoms with Gasteiger partial charge in [0.25, 0.3) is 5.91 Å². The van der Waals surface area contributed by atoms with Gasteiger partial charge in [-0.25, -0.2) is 13.6 Å². The third-order valence-electron chi connectivity index (χ3n) is 6.55. The lowest BCUT2D eigenvalue weighted by Gasteiger charge is -2.24. The van der Waals surface area contributed by atoms with Crippen LogP contribution in [0.1, 0.15) is 39.5 Å². The van der Waals surface area contributed by atoms with Crippen LogP contribution in [0.3, 0.4) is 0 Å². The number of rotatable bonds is 6. The van der Waals surface area contributed by atoms with E-state index in [9.17, 15) is 18.8 Å². The molecule has 2 N–H and O–H groups in total. The fourth-order valence-electron chi connectivity index (χ4n) is 4.42. The standard InChI is InChI=1S/C30H24F2N4O4/c1-17-12-25(32)23(27-13-18(2)36(35-27)40-30(39)20-6-4-3-5-7-20)14-26(17)34-29(38)24-16-33-28(37)15-22(24)19-8-10-21(31)11-9-19/h3-14,16,22H,15H2,1-2H3,(H,33,37)(H,34,38)/t22-/m0/s1. The minimum absolute atomic E-state index is 0.0109. The predicted molar refractivity (Wildman–Crippen MR) is 143 cm³/mol. The number of carbonyl (C=O) groups is 3. The van der Waals surface area contributed by atoms with Gasteiger partial charge in [0.15, 0.2) is 0 Å². The van der Waals surface area contributed by atoms with Crippen LogP contribution < -0.4 is 15.5 Å². The minimum atomic E-state index is -0.626. The molecule has 0 saturated heterocycles. The monoisotopic (exact) mass is 542 g/mol. The average molecular weight is 543 g/mol. The predicted octanol–water partition coefficient (Wildman–Crippen LogP) is 4.84. The Morgan fingerprint density at radius 3 is 2.48 bits per heavy atom. The van der Waals surface area contributed by atoms with Gasteiger partial charge >= 0.3 is 5.97 Å². The van der Waals surface area contributed by atoms with E-state index in [1.807, 2.05) is 0 Å². The molecule has 1 aromatic heterocycles. The summed E-state index contributed by atoms with van der Waals surface area (Å²) < 4.78 is 28.5. The van der Waals surface area contributed by atoms with Crippen molar-refractivity contribution in [2.75, 3.05) is 5.32 Å². The highest BCUT2D eigenvalue weighted by Gasteiger charge is 2.29. The van der Waals surface area contributed by atoms with Crippen molar-refractivity contribution >= 4 is 23.5 Å². The Balaban J connectivity index is 1.40. The lowest BCUT2D eigenvalue weighted by Crippen LogP contribution is -2.32. The van der Waals surface area contributed by atoms with Crippen LogP contribution in [0.4, 0.5) is 14.5 Å². The van der Waals surface area contributed by atoms with Crippen molar-refractivity contribution in [1.29, 1.82) is 0 Å². The molecule has 0 unspecified atom stereocenters. The SMILES string of the molecule is Cc1cc(F)c(-c2cc(C)n(OC(=O)c3ccccc3)n2)cc1NC(=O)C1=CNC(=O)C[C@H]1c1ccc(F)cc1. The average Bonchev–Trinajstić information content (AvgIpc) is 3.30. The third-order valence-corrected chi connectivity index (χ3v) is 6.55. The highest BCUT2D eigenvalue weighted by molar-refractivity contribution is 6.07. The fourth-order valence-corrected chi connectivity index (χ4v) is 4.42. The maximum Gasteiger partial charge on any atom is 0.365 e. The van der Waals surface area contributed by atoms with Crippen LogP contribution in [0.5, 0.6) is 0 Å². The zero-order valence-corrected chi connectivity index (χ0v) is 21.6. The zero-order chi connectivity index (χ0) is 28.4. The van der Waals surface area contributed by atoms with Crippen molar-refractivity contribution < 1.29 is 28.0 Å². The van der Waals surface area contributed by atoms with Gasteiger partial charge in [-0.15, -0.1) is 5.10 Å². The number of aromatic nitrogens is 2. The molecular formula is C30H24F2N4O4. The first kappa shape index (κ1) is 26.5. The Bertz CT molecular complexity index is 1650. The molecular weight excluding hydrogens is 518 g/mol. The maximum absolute atomic E-state index is 15.1. The number of amides is 2. The molecule has 5 rings (SSSR count). The minimum Gasteiger partial charge on any atom is -0.332 e. The van der Waals surface area contributed by atoms with Gasteiger partial charge in [-0.05, 0) is 67.4 Å². The second-order valence-electron chi connectivity index (χ2n) is 9.37. The molecule has 2 heterocycles.